The summed E-state index contributed by atoms with van der Waals surface area (Å²) in [6.45, 7) is 19.9. The van der Waals surface area contributed by atoms with Crippen LogP contribution < -0.4 is 9.80 Å². The Morgan fingerprint density at radius 1 is 0.583 bits per heavy atom. The zero-order chi connectivity index (χ0) is 42.6. The van der Waals surface area contributed by atoms with Gasteiger partial charge in [0.25, 0.3) is 0 Å². The first-order valence-electron chi connectivity index (χ1n) is 20.9. The molecular weight excluding hydrogens is 838 g/mol. The van der Waals surface area contributed by atoms with Crippen LogP contribution in [0.25, 0.3) is 44.8 Å². The topological polar surface area (TPSA) is 86.4 Å². The molecule has 2 fully saturated rings. The van der Waals surface area contributed by atoms with Crippen LogP contribution in [0.4, 0.5) is 20.2 Å². The van der Waals surface area contributed by atoms with Crippen LogP contribution in [0.1, 0.15) is 25.7 Å². The van der Waals surface area contributed by atoms with Gasteiger partial charge >= 0.3 is 0 Å². The van der Waals surface area contributed by atoms with Crippen molar-refractivity contribution in [3.05, 3.63) is 82.9 Å². The van der Waals surface area contributed by atoms with Crippen LogP contribution in [-0.4, -0.2) is 84.6 Å². The SMILES string of the molecule is C[Si](C)(C)CCOCn1c(Cl)nc2cc(F)c(-c3ccc(N4CCCC4)cc3)nc21.C[Si](C)(C)CCOCn1c(Cl)nc2nc(-c3ccc(N4CCCC4)cc3)c(F)cc21. The maximum atomic E-state index is 14.9. The quantitative estimate of drug-likeness (QED) is 0.0789. The normalized spacial score (nSPS) is 14.8. The van der Waals surface area contributed by atoms with Crippen molar-refractivity contribution >= 4 is 73.1 Å². The first-order valence-corrected chi connectivity index (χ1v) is 29.1. The van der Waals surface area contributed by atoms with Gasteiger partial charge in [0.2, 0.25) is 10.6 Å². The smallest absolute Gasteiger partial charge is 0.207 e. The van der Waals surface area contributed by atoms with E-state index in [1.807, 2.05) is 48.5 Å². The van der Waals surface area contributed by atoms with Gasteiger partial charge in [0.1, 0.15) is 30.4 Å². The second kappa shape index (κ2) is 19.0. The monoisotopic (exact) mass is 892 g/mol. The third-order valence-corrected chi connectivity index (χ3v) is 14.9. The Kier molecular flexibility index (Phi) is 14.0. The van der Waals surface area contributed by atoms with Crippen LogP contribution in [0.15, 0.2) is 60.7 Å². The van der Waals surface area contributed by atoms with Crippen LogP contribution in [0.2, 0.25) is 61.9 Å². The largest absolute Gasteiger partial charge is 0.372 e. The first kappa shape index (κ1) is 44.1. The molecule has 0 saturated carbocycles. The standard InChI is InChI=1S/2C22H28ClFN4OSi/c1-30(2,3)13-12-29-15-28-19-14-18(24)20(25-21(19)26-22(28)23)16-6-8-17(9-7-16)27-10-4-5-11-27;1-30(2,3)13-12-29-15-28-21-19(25-22(28)23)14-18(24)20(26-21)16-6-8-17(9-7-16)27-10-4-5-11-27/h2*6-9,14H,4-5,10-13,15H2,1-3H3. The number of fused-ring (bicyclic) bond motifs is 2. The van der Waals surface area contributed by atoms with Crippen molar-refractivity contribution in [3.8, 4) is 22.5 Å². The molecule has 2 saturated heterocycles. The Hall–Kier alpha value is -3.93. The molecule has 10 nitrogen and oxygen atoms in total. The molecule has 0 aliphatic carbocycles. The maximum absolute atomic E-state index is 14.9. The van der Waals surface area contributed by atoms with Gasteiger partial charge in [0.15, 0.2) is 22.9 Å². The zero-order valence-corrected chi connectivity index (χ0v) is 39.1. The van der Waals surface area contributed by atoms with Crippen LogP contribution in [-0.2, 0) is 22.9 Å². The highest BCUT2D eigenvalue weighted by molar-refractivity contribution is 6.76. The number of anilines is 2. The summed E-state index contributed by atoms with van der Waals surface area (Å²) in [6.07, 6.45) is 4.89. The van der Waals surface area contributed by atoms with Crippen LogP contribution >= 0.6 is 23.2 Å². The van der Waals surface area contributed by atoms with E-state index < -0.39 is 27.8 Å². The minimum Gasteiger partial charge on any atom is -0.372 e. The van der Waals surface area contributed by atoms with Crippen LogP contribution in [0.5, 0.6) is 0 Å². The molecule has 0 atom stereocenters. The van der Waals surface area contributed by atoms with Crippen molar-refractivity contribution in [2.45, 2.75) is 90.5 Å². The fraction of sp³-hybridized carbons (Fsp3) is 0.455. The van der Waals surface area contributed by atoms with E-state index in [-0.39, 0.29) is 29.7 Å². The number of aromatic nitrogens is 6. The summed E-state index contributed by atoms with van der Waals surface area (Å²) in [5.74, 6) is -0.797. The number of nitrogens with zero attached hydrogens (tertiary/aromatic N) is 8. The number of halogens is 4. The highest BCUT2D eigenvalue weighted by Crippen LogP contribution is 2.31. The lowest BCUT2D eigenvalue weighted by molar-refractivity contribution is 0.0896. The van der Waals surface area contributed by atoms with Crippen molar-refractivity contribution in [1.82, 2.24) is 29.1 Å². The molecule has 60 heavy (non-hydrogen) atoms. The Bertz CT molecular complexity index is 2390. The van der Waals surface area contributed by atoms with Gasteiger partial charge in [0, 0.05) is 90.2 Å². The van der Waals surface area contributed by atoms with Gasteiger partial charge in [-0.05, 0) is 85.2 Å². The number of ether oxygens (including phenoxy) is 2. The van der Waals surface area contributed by atoms with E-state index >= 15 is 0 Å². The van der Waals surface area contributed by atoms with Gasteiger partial charge in [0.05, 0.1) is 5.52 Å². The molecule has 0 bridgehead atoms. The highest BCUT2D eigenvalue weighted by Gasteiger charge is 2.21. The molecule has 2 aliphatic rings. The second-order valence-corrected chi connectivity index (χ2v) is 30.0. The van der Waals surface area contributed by atoms with E-state index in [2.05, 4.69) is 69.0 Å². The van der Waals surface area contributed by atoms with Gasteiger partial charge in [-0.2, -0.15) is 4.98 Å². The van der Waals surface area contributed by atoms with Crippen molar-refractivity contribution in [2.24, 2.45) is 0 Å². The predicted octanol–water partition coefficient (Wildman–Crippen LogP) is 11.6. The van der Waals surface area contributed by atoms with Crippen molar-refractivity contribution in [2.75, 3.05) is 49.2 Å². The Labute approximate surface area is 363 Å². The molecule has 4 aromatic heterocycles. The highest BCUT2D eigenvalue weighted by atomic mass is 35.5. The maximum Gasteiger partial charge on any atom is 0.207 e. The van der Waals surface area contributed by atoms with Crippen molar-refractivity contribution in [3.63, 3.8) is 0 Å². The van der Waals surface area contributed by atoms with Gasteiger partial charge < -0.3 is 19.3 Å². The van der Waals surface area contributed by atoms with Crippen LogP contribution in [0.3, 0.4) is 0 Å². The molecule has 0 radical (unpaired) electrons. The minimum absolute atomic E-state index is 0.241. The Morgan fingerprint density at radius 3 is 1.53 bits per heavy atom. The van der Waals surface area contributed by atoms with E-state index in [1.165, 1.54) is 49.2 Å². The number of pyridine rings is 2. The molecule has 16 heteroatoms. The lowest BCUT2D eigenvalue weighted by atomic mass is 10.1. The molecule has 2 aliphatic heterocycles. The average Bonchev–Trinajstić information content (AvgIpc) is 4.03. The lowest BCUT2D eigenvalue weighted by Crippen LogP contribution is -2.22. The zero-order valence-electron chi connectivity index (χ0n) is 35.6. The van der Waals surface area contributed by atoms with E-state index in [0.29, 0.717) is 41.2 Å². The number of hydrogen-bond donors (Lipinski definition) is 0. The Balaban J connectivity index is 0.000000181. The molecule has 0 unspecified atom stereocenters. The molecule has 6 heterocycles. The molecule has 2 aromatic carbocycles. The molecular formula is C44H56Cl2F2N8O2Si2. The van der Waals surface area contributed by atoms with E-state index in [0.717, 1.165) is 49.4 Å². The molecule has 0 amide bonds. The number of hydrogen-bond acceptors (Lipinski definition) is 8. The molecule has 6 aromatic rings. The number of benzene rings is 2. The second-order valence-electron chi connectivity index (χ2n) is 18.1. The predicted molar refractivity (Wildman–Crippen MR) is 247 cm³/mol. The number of rotatable bonds is 14. The summed E-state index contributed by atoms with van der Waals surface area (Å²) in [4.78, 5) is 22.3. The fourth-order valence-electron chi connectivity index (χ4n) is 7.32. The summed E-state index contributed by atoms with van der Waals surface area (Å²) in [6, 6.07) is 20.8. The third-order valence-electron chi connectivity index (χ3n) is 10.9. The van der Waals surface area contributed by atoms with E-state index in [9.17, 15) is 8.78 Å². The molecule has 0 spiro atoms. The van der Waals surface area contributed by atoms with Crippen molar-refractivity contribution < 1.29 is 18.3 Å². The average molecular weight is 894 g/mol. The van der Waals surface area contributed by atoms with Gasteiger partial charge in [-0.25, -0.2) is 23.7 Å². The van der Waals surface area contributed by atoms with Gasteiger partial charge in [-0.15, -0.1) is 0 Å². The number of imidazole rings is 2. The lowest BCUT2D eigenvalue weighted by Gasteiger charge is -2.17. The van der Waals surface area contributed by atoms with E-state index in [4.69, 9.17) is 32.7 Å². The van der Waals surface area contributed by atoms with Crippen LogP contribution in [0, 0.1) is 11.6 Å². The molecule has 320 valence electrons. The summed E-state index contributed by atoms with van der Waals surface area (Å²) in [7, 11) is -2.34. The van der Waals surface area contributed by atoms with E-state index in [1.54, 1.807) is 9.13 Å². The first-order chi connectivity index (χ1) is 28.6. The molecule has 8 rings (SSSR count). The summed E-state index contributed by atoms with van der Waals surface area (Å²) in [5.41, 5.74) is 6.33. The van der Waals surface area contributed by atoms with Gasteiger partial charge in [-0.1, -0.05) is 63.5 Å². The third kappa shape index (κ3) is 10.9. The van der Waals surface area contributed by atoms with Crippen molar-refractivity contribution in [1.29, 1.82) is 0 Å². The minimum atomic E-state index is -1.17. The molecule has 0 N–H and O–H groups in total. The summed E-state index contributed by atoms with van der Waals surface area (Å²) < 4.78 is 44.7. The summed E-state index contributed by atoms with van der Waals surface area (Å²) in [5, 5.41) is 0.512. The fourth-order valence-corrected chi connectivity index (χ4v) is 9.27. The Morgan fingerprint density at radius 2 is 1.03 bits per heavy atom. The van der Waals surface area contributed by atoms with Gasteiger partial charge in [-0.3, -0.25) is 9.13 Å². The summed E-state index contributed by atoms with van der Waals surface area (Å²) >= 11 is 12.6.